The minimum atomic E-state index is -1.32. The van der Waals surface area contributed by atoms with Gasteiger partial charge in [0.1, 0.15) is 23.9 Å². The summed E-state index contributed by atoms with van der Waals surface area (Å²) in [6.45, 7) is 0.372. The van der Waals surface area contributed by atoms with Crippen LogP contribution in [0.15, 0.2) is 54.6 Å². The second-order valence-electron chi connectivity index (χ2n) is 9.98. The highest BCUT2D eigenvalue weighted by Gasteiger charge is 2.30. The highest BCUT2D eigenvalue weighted by Crippen LogP contribution is 2.12. The van der Waals surface area contributed by atoms with Crippen molar-refractivity contribution in [3.05, 3.63) is 65.7 Å². The number of hydrogen-bond donors (Lipinski definition) is 8. The highest BCUT2D eigenvalue weighted by atomic mass is 16.4. The zero-order chi connectivity index (χ0) is 31.1. The summed E-state index contributed by atoms with van der Waals surface area (Å²) in [7, 11) is 0. The standard InChI is InChI=1S/C29H40N6O7/c30-15-5-4-8-22(33-26(38)21(31)13-14-25(32)37)27(39)34-23(16-18-6-2-1-3-7-18)28(40)35-24(29(41)42)17-19-9-11-20(36)12-10-19/h1-3,6-7,9-12,21-24,36H,4-5,8,13-17,30-31H2,(H2,32,37)(H,33,38)(H,34,39)(H,35,40)(H,41,42). The van der Waals surface area contributed by atoms with Crippen LogP contribution in [-0.4, -0.2) is 70.5 Å². The van der Waals surface area contributed by atoms with Gasteiger partial charge in [0.05, 0.1) is 6.04 Å². The number of nitrogens with two attached hydrogens (primary N) is 3. The fourth-order valence-electron chi connectivity index (χ4n) is 4.14. The average Bonchev–Trinajstić information content (AvgIpc) is 2.96. The molecule has 0 heterocycles. The molecule has 4 atom stereocenters. The van der Waals surface area contributed by atoms with Gasteiger partial charge in [0, 0.05) is 19.3 Å². The lowest BCUT2D eigenvalue weighted by molar-refractivity contribution is -0.142. The number of hydrogen-bond acceptors (Lipinski definition) is 8. The Labute approximate surface area is 244 Å². The topological polar surface area (TPSA) is 240 Å². The first kappa shape index (κ1) is 33.7. The molecular formula is C29H40N6O7. The Hall–Kier alpha value is -4.49. The van der Waals surface area contributed by atoms with Crippen molar-refractivity contribution in [2.75, 3.05) is 6.54 Å². The summed E-state index contributed by atoms with van der Waals surface area (Å²) in [4.78, 5) is 62.6. The zero-order valence-corrected chi connectivity index (χ0v) is 23.3. The van der Waals surface area contributed by atoms with E-state index in [-0.39, 0.29) is 37.9 Å². The molecule has 4 amide bonds. The van der Waals surface area contributed by atoms with Gasteiger partial charge in [0.25, 0.3) is 0 Å². The molecule has 0 aliphatic rings. The van der Waals surface area contributed by atoms with Gasteiger partial charge in [-0.1, -0.05) is 42.5 Å². The summed E-state index contributed by atoms with van der Waals surface area (Å²) >= 11 is 0. The number of benzene rings is 2. The molecule has 2 aromatic carbocycles. The number of nitrogens with one attached hydrogen (secondary N) is 3. The van der Waals surface area contributed by atoms with Crippen LogP contribution in [0.1, 0.15) is 43.2 Å². The Balaban J connectivity index is 2.23. The van der Waals surface area contributed by atoms with Gasteiger partial charge in [-0.15, -0.1) is 0 Å². The van der Waals surface area contributed by atoms with Crippen LogP contribution in [0.25, 0.3) is 0 Å². The number of carboxylic acid groups (broad SMARTS) is 1. The normalized spacial score (nSPS) is 13.7. The van der Waals surface area contributed by atoms with Gasteiger partial charge in [0.2, 0.25) is 23.6 Å². The van der Waals surface area contributed by atoms with E-state index in [0.29, 0.717) is 30.5 Å². The lowest BCUT2D eigenvalue weighted by Crippen LogP contribution is -2.57. The van der Waals surface area contributed by atoms with Crippen LogP contribution in [0, 0.1) is 0 Å². The monoisotopic (exact) mass is 584 g/mol. The van der Waals surface area contributed by atoms with Gasteiger partial charge in [-0.25, -0.2) is 4.79 Å². The first-order chi connectivity index (χ1) is 20.0. The fourth-order valence-corrected chi connectivity index (χ4v) is 4.14. The van der Waals surface area contributed by atoms with Crippen LogP contribution in [0.3, 0.4) is 0 Å². The van der Waals surface area contributed by atoms with Gasteiger partial charge in [-0.2, -0.15) is 0 Å². The number of rotatable bonds is 18. The zero-order valence-electron chi connectivity index (χ0n) is 23.3. The van der Waals surface area contributed by atoms with Gasteiger partial charge in [0.15, 0.2) is 0 Å². The third-order valence-electron chi connectivity index (χ3n) is 6.52. The van der Waals surface area contributed by atoms with E-state index in [0.717, 1.165) is 0 Å². The summed E-state index contributed by atoms with van der Waals surface area (Å²) in [6.07, 6.45) is 1.16. The molecule has 13 nitrogen and oxygen atoms in total. The predicted octanol–water partition coefficient (Wildman–Crippen LogP) is -0.562. The quantitative estimate of drug-likeness (QED) is 0.105. The largest absolute Gasteiger partial charge is 0.508 e. The van der Waals surface area contributed by atoms with E-state index in [4.69, 9.17) is 17.2 Å². The number of carboxylic acids is 1. The molecule has 0 radical (unpaired) electrons. The molecule has 228 valence electrons. The van der Waals surface area contributed by atoms with Gasteiger partial charge >= 0.3 is 5.97 Å². The van der Waals surface area contributed by atoms with Gasteiger partial charge < -0.3 is 43.4 Å². The average molecular weight is 585 g/mol. The molecule has 11 N–H and O–H groups in total. The first-order valence-electron chi connectivity index (χ1n) is 13.7. The smallest absolute Gasteiger partial charge is 0.326 e. The van der Waals surface area contributed by atoms with Crippen LogP contribution >= 0.6 is 0 Å². The van der Waals surface area contributed by atoms with E-state index >= 15 is 0 Å². The van der Waals surface area contributed by atoms with Crippen molar-refractivity contribution in [2.24, 2.45) is 17.2 Å². The van der Waals surface area contributed by atoms with E-state index in [1.165, 1.54) is 12.1 Å². The van der Waals surface area contributed by atoms with Crippen LogP contribution in [0.2, 0.25) is 0 Å². The van der Waals surface area contributed by atoms with Gasteiger partial charge in [-0.3, -0.25) is 19.2 Å². The van der Waals surface area contributed by atoms with Crippen molar-refractivity contribution < 1.29 is 34.2 Å². The predicted molar refractivity (Wildman–Crippen MR) is 155 cm³/mol. The van der Waals surface area contributed by atoms with Crippen molar-refractivity contribution in [1.29, 1.82) is 0 Å². The number of carbonyl (C=O) groups is 5. The Morgan fingerprint density at radius 1 is 0.714 bits per heavy atom. The van der Waals surface area contributed by atoms with E-state index in [9.17, 15) is 34.2 Å². The number of phenolic OH excluding ortho intramolecular Hbond substituents is 1. The molecule has 0 fully saturated rings. The molecule has 0 spiro atoms. The molecule has 13 heteroatoms. The van der Waals surface area contributed by atoms with E-state index in [1.54, 1.807) is 42.5 Å². The summed E-state index contributed by atoms with van der Waals surface area (Å²) < 4.78 is 0. The molecule has 0 saturated heterocycles. The molecule has 0 aliphatic carbocycles. The maximum absolute atomic E-state index is 13.4. The SMILES string of the molecule is NCCCCC(NC(=O)C(N)CCC(N)=O)C(=O)NC(Cc1ccccc1)C(=O)NC(Cc1ccc(O)cc1)C(=O)O. The summed E-state index contributed by atoms with van der Waals surface area (Å²) in [5.74, 6) is -3.93. The Kier molecular flexibility index (Phi) is 13.9. The third-order valence-corrected chi connectivity index (χ3v) is 6.52. The molecular weight excluding hydrogens is 544 g/mol. The van der Waals surface area contributed by atoms with Gasteiger partial charge in [-0.05, 0) is 55.5 Å². The number of carbonyl (C=O) groups excluding carboxylic acids is 4. The number of amides is 4. The molecule has 4 unspecified atom stereocenters. The second-order valence-corrected chi connectivity index (χ2v) is 9.98. The van der Waals surface area contributed by atoms with Crippen molar-refractivity contribution in [3.8, 4) is 5.75 Å². The van der Waals surface area contributed by atoms with E-state index in [1.807, 2.05) is 0 Å². The first-order valence-corrected chi connectivity index (χ1v) is 13.7. The molecule has 2 aromatic rings. The van der Waals surface area contributed by atoms with Crippen molar-refractivity contribution >= 4 is 29.6 Å². The molecule has 42 heavy (non-hydrogen) atoms. The number of aromatic hydroxyl groups is 1. The maximum Gasteiger partial charge on any atom is 0.326 e. The molecule has 0 aromatic heterocycles. The Morgan fingerprint density at radius 2 is 1.26 bits per heavy atom. The molecule has 2 rings (SSSR count). The van der Waals surface area contributed by atoms with Crippen LogP contribution in [0.4, 0.5) is 0 Å². The Bertz CT molecular complexity index is 1190. The third kappa shape index (κ3) is 11.9. The number of aliphatic carboxylic acids is 1. The van der Waals surface area contributed by atoms with Crippen LogP contribution in [0.5, 0.6) is 5.75 Å². The van der Waals surface area contributed by atoms with Crippen molar-refractivity contribution in [1.82, 2.24) is 16.0 Å². The maximum atomic E-state index is 13.4. The van der Waals surface area contributed by atoms with E-state index < -0.39 is 53.8 Å². The lowest BCUT2D eigenvalue weighted by Gasteiger charge is -2.25. The number of unbranched alkanes of at least 4 members (excludes halogenated alkanes) is 1. The van der Waals surface area contributed by atoms with Crippen molar-refractivity contribution in [2.45, 2.75) is 69.1 Å². The molecule has 0 bridgehead atoms. The van der Waals surface area contributed by atoms with Crippen LogP contribution < -0.4 is 33.2 Å². The van der Waals surface area contributed by atoms with E-state index in [2.05, 4.69) is 16.0 Å². The highest BCUT2D eigenvalue weighted by molar-refractivity contribution is 5.94. The van der Waals surface area contributed by atoms with Crippen LogP contribution in [-0.2, 0) is 36.8 Å². The Morgan fingerprint density at radius 3 is 1.86 bits per heavy atom. The lowest BCUT2D eigenvalue weighted by atomic mass is 10.0. The minimum Gasteiger partial charge on any atom is -0.508 e. The number of phenols is 1. The fraction of sp³-hybridized carbons (Fsp3) is 0.414. The molecule has 0 aliphatic heterocycles. The van der Waals surface area contributed by atoms with Crippen molar-refractivity contribution in [3.63, 3.8) is 0 Å². The number of primary amides is 1. The minimum absolute atomic E-state index is 0.00501. The summed E-state index contributed by atoms with van der Waals surface area (Å²) in [5, 5.41) is 27.0. The summed E-state index contributed by atoms with van der Waals surface area (Å²) in [6, 6.07) is 10.1. The molecule has 0 saturated carbocycles. The summed E-state index contributed by atoms with van der Waals surface area (Å²) in [5.41, 5.74) is 17.9. The second kappa shape index (κ2) is 17.4.